The Bertz CT molecular complexity index is 818. The van der Waals surface area contributed by atoms with Gasteiger partial charge in [0, 0.05) is 23.3 Å². The van der Waals surface area contributed by atoms with Crippen molar-refractivity contribution < 1.29 is 18.9 Å². The monoisotopic (exact) mass is 298 g/mol. The topological polar surface area (TPSA) is 94.9 Å². The lowest BCUT2D eigenvalue weighted by Crippen LogP contribution is -2.06. The first kappa shape index (κ1) is 13.7. The number of hydrogen-bond acceptors (Lipinski definition) is 6. The van der Waals surface area contributed by atoms with E-state index in [-0.39, 0.29) is 17.3 Å². The fraction of sp³-hybridized carbons (Fsp3) is 0.0667. The molecular weight excluding hydrogens is 288 g/mol. The molecule has 2 heterocycles. The maximum Gasteiger partial charge on any atom is 0.363 e. The molecule has 1 aromatic heterocycles. The molecule has 0 aliphatic carbocycles. The van der Waals surface area contributed by atoms with Gasteiger partial charge in [0.15, 0.2) is 5.70 Å². The highest BCUT2D eigenvalue weighted by Gasteiger charge is 2.26. The molecule has 1 aliphatic heterocycles. The highest BCUT2D eigenvalue weighted by atomic mass is 16.6. The molecule has 0 saturated carbocycles. The zero-order chi connectivity index (χ0) is 15.7. The number of hydrogen-bond donors (Lipinski definition) is 0. The lowest BCUT2D eigenvalue weighted by Gasteiger charge is -2.01. The minimum Gasteiger partial charge on any atom is -0.465 e. The number of esters is 1. The van der Waals surface area contributed by atoms with Crippen LogP contribution in [-0.2, 0) is 9.53 Å². The van der Waals surface area contributed by atoms with E-state index in [0.717, 1.165) is 0 Å². The van der Waals surface area contributed by atoms with Crippen LogP contribution >= 0.6 is 0 Å². The second-order valence-electron chi connectivity index (χ2n) is 4.61. The van der Waals surface area contributed by atoms with Gasteiger partial charge in [0.2, 0.25) is 5.90 Å². The third-order valence-corrected chi connectivity index (χ3v) is 3.10. The molecule has 0 N–H and O–H groups in total. The van der Waals surface area contributed by atoms with Crippen LogP contribution in [0.4, 0.5) is 5.69 Å². The predicted octanol–water partition coefficient (Wildman–Crippen LogP) is 2.84. The first-order valence-electron chi connectivity index (χ1n) is 6.36. The highest BCUT2D eigenvalue weighted by Crippen LogP contribution is 2.24. The summed E-state index contributed by atoms with van der Waals surface area (Å²) < 4.78 is 10.2. The average Bonchev–Trinajstić information content (AvgIpc) is 3.10. The van der Waals surface area contributed by atoms with Crippen molar-refractivity contribution in [3.05, 3.63) is 69.3 Å². The number of furan rings is 1. The van der Waals surface area contributed by atoms with Crippen LogP contribution in [0.5, 0.6) is 0 Å². The zero-order valence-electron chi connectivity index (χ0n) is 11.5. The Hall–Kier alpha value is -3.22. The summed E-state index contributed by atoms with van der Waals surface area (Å²) in [4.78, 5) is 26.3. The average molecular weight is 298 g/mol. The number of nitro groups is 1. The van der Waals surface area contributed by atoms with Crippen LogP contribution in [0.2, 0.25) is 0 Å². The van der Waals surface area contributed by atoms with Gasteiger partial charge in [-0.05, 0) is 25.1 Å². The first-order valence-corrected chi connectivity index (χ1v) is 6.36. The molecule has 22 heavy (non-hydrogen) atoms. The van der Waals surface area contributed by atoms with Gasteiger partial charge in [-0.3, -0.25) is 10.1 Å². The molecule has 0 atom stereocenters. The van der Waals surface area contributed by atoms with Gasteiger partial charge in [-0.2, -0.15) is 0 Å². The van der Waals surface area contributed by atoms with Crippen molar-refractivity contribution in [3.8, 4) is 0 Å². The summed E-state index contributed by atoms with van der Waals surface area (Å²) in [6, 6.07) is 7.88. The first-order chi connectivity index (χ1) is 10.5. The molecule has 0 unspecified atom stereocenters. The SMILES string of the molecule is Cc1ccc(C2=N/C(=C\c3ccco3)C(=O)O2)cc1[N+](=O)[O-]. The molecule has 2 aromatic rings. The molecule has 0 radical (unpaired) electrons. The molecule has 1 aliphatic rings. The van der Waals surface area contributed by atoms with Crippen LogP contribution in [0.15, 0.2) is 51.7 Å². The number of benzene rings is 1. The van der Waals surface area contributed by atoms with Crippen molar-refractivity contribution >= 4 is 23.6 Å². The molecular formula is C15H10N2O5. The lowest BCUT2D eigenvalue weighted by atomic mass is 10.1. The van der Waals surface area contributed by atoms with Crippen LogP contribution in [-0.4, -0.2) is 16.8 Å². The Balaban J connectivity index is 1.98. The molecule has 1 aromatic carbocycles. The zero-order valence-corrected chi connectivity index (χ0v) is 11.5. The molecule has 0 amide bonds. The molecule has 0 spiro atoms. The summed E-state index contributed by atoms with van der Waals surface area (Å²) in [7, 11) is 0. The standard InChI is InChI=1S/C15H10N2O5/c1-9-4-5-10(7-13(9)17(19)20)14-16-12(15(18)22-14)8-11-3-2-6-21-11/h2-8H,1H3/b12-8-. The predicted molar refractivity (Wildman–Crippen MR) is 77.1 cm³/mol. The molecule has 0 fully saturated rings. The van der Waals surface area contributed by atoms with Gasteiger partial charge < -0.3 is 9.15 Å². The number of cyclic esters (lactones) is 1. The van der Waals surface area contributed by atoms with Gasteiger partial charge in [-0.25, -0.2) is 9.79 Å². The van der Waals surface area contributed by atoms with Gasteiger partial charge in [-0.1, -0.05) is 6.07 Å². The van der Waals surface area contributed by atoms with Gasteiger partial charge in [0.1, 0.15) is 5.76 Å². The van der Waals surface area contributed by atoms with Gasteiger partial charge in [-0.15, -0.1) is 0 Å². The molecule has 0 bridgehead atoms. The van der Waals surface area contributed by atoms with Crippen molar-refractivity contribution in [2.24, 2.45) is 4.99 Å². The van der Waals surface area contributed by atoms with Gasteiger partial charge in [0.25, 0.3) is 5.69 Å². The van der Waals surface area contributed by atoms with E-state index < -0.39 is 10.9 Å². The highest BCUT2D eigenvalue weighted by molar-refractivity contribution is 6.12. The third-order valence-electron chi connectivity index (χ3n) is 3.10. The minimum absolute atomic E-state index is 0.0332. The van der Waals surface area contributed by atoms with Crippen molar-refractivity contribution in [3.63, 3.8) is 0 Å². The Morgan fingerprint density at radius 1 is 1.32 bits per heavy atom. The smallest absolute Gasteiger partial charge is 0.363 e. The van der Waals surface area contributed by atoms with Crippen LogP contribution in [0.25, 0.3) is 6.08 Å². The van der Waals surface area contributed by atoms with Gasteiger partial charge in [0.05, 0.1) is 11.2 Å². The van der Waals surface area contributed by atoms with Crippen LogP contribution in [0, 0.1) is 17.0 Å². The van der Waals surface area contributed by atoms with E-state index in [4.69, 9.17) is 9.15 Å². The minimum atomic E-state index is -0.630. The van der Waals surface area contributed by atoms with E-state index in [9.17, 15) is 14.9 Å². The fourth-order valence-electron chi connectivity index (χ4n) is 1.98. The van der Waals surface area contributed by atoms with Crippen molar-refractivity contribution in [2.45, 2.75) is 6.92 Å². The Labute approximate surface area is 124 Å². The normalized spacial score (nSPS) is 15.8. The second-order valence-corrected chi connectivity index (χ2v) is 4.61. The number of carbonyl (C=O) groups excluding carboxylic acids is 1. The number of nitro benzene ring substituents is 1. The maximum absolute atomic E-state index is 11.8. The number of rotatable bonds is 3. The Morgan fingerprint density at radius 2 is 2.14 bits per heavy atom. The number of aryl methyl sites for hydroxylation is 1. The lowest BCUT2D eigenvalue weighted by molar-refractivity contribution is -0.385. The van der Waals surface area contributed by atoms with E-state index >= 15 is 0 Å². The second kappa shape index (κ2) is 5.28. The summed E-state index contributed by atoms with van der Waals surface area (Å²) in [5.74, 6) is -0.132. The molecule has 7 nitrogen and oxygen atoms in total. The van der Waals surface area contributed by atoms with Crippen LogP contribution < -0.4 is 0 Å². The summed E-state index contributed by atoms with van der Waals surface area (Å²) >= 11 is 0. The van der Waals surface area contributed by atoms with E-state index in [2.05, 4.69) is 4.99 Å². The summed E-state index contributed by atoms with van der Waals surface area (Å²) in [6.45, 7) is 1.63. The maximum atomic E-state index is 11.8. The van der Waals surface area contributed by atoms with Crippen molar-refractivity contribution in [2.75, 3.05) is 0 Å². The Morgan fingerprint density at radius 3 is 2.82 bits per heavy atom. The number of ether oxygens (including phenoxy) is 1. The fourth-order valence-corrected chi connectivity index (χ4v) is 1.98. The quantitative estimate of drug-likeness (QED) is 0.376. The summed E-state index contributed by atoms with van der Waals surface area (Å²) in [6.07, 6.45) is 2.92. The Kier molecular flexibility index (Phi) is 3.30. The van der Waals surface area contributed by atoms with Crippen molar-refractivity contribution in [1.29, 1.82) is 0 Å². The van der Waals surface area contributed by atoms with Crippen LogP contribution in [0.3, 0.4) is 0 Å². The molecule has 7 heteroatoms. The summed E-state index contributed by atoms with van der Waals surface area (Å²) in [5, 5.41) is 11.0. The van der Waals surface area contributed by atoms with E-state index in [1.807, 2.05) is 0 Å². The largest absolute Gasteiger partial charge is 0.465 e. The van der Waals surface area contributed by atoms with Gasteiger partial charge >= 0.3 is 5.97 Å². The van der Waals surface area contributed by atoms with E-state index in [1.165, 1.54) is 18.4 Å². The molecule has 110 valence electrons. The van der Waals surface area contributed by atoms with Crippen LogP contribution in [0.1, 0.15) is 16.9 Å². The van der Waals surface area contributed by atoms with Crippen molar-refractivity contribution in [1.82, 2.24) is 0 Å². The number of aliphatic imine (C=N–C) groups is 1. The molecule has 0 saturated heterocycles. The van der Waals surface area contributed by atoms with E-state index in [1.54, 1.807) is 31.2 Å². The summed E-state index contributed by atoms with van der Waals surface area (Å²) in [5.41, 5.74) is 0.909. The number of carbonyl (C=O) groups is 1. The van der Waals surface area contributed by atoms with E-state index in [0.29, 0.717) is 16.9 Å². The third kappa shape index (κ3) is 2.51. The number of nitrogens with zero attached hydrogens (tertiary/aromatic N) is 2. The molecule has 3 rings (SSSR count).